The Balaban J connectivity index is 0.000000218. The summed E-state index contributed by atoms with van der Waals surface area (Å²) in [7, 11) is 5.04. The van der Waals surface area contributed by atoms with E-state index in [1.165, 1.54) is 38.8 Å². The summed E-state index contributed by atoms with van der Waals surface area (Å²) in [5, 5.41) is 14.5. The first-order valence-corrected chi connectivity index (χ1v) is 12.9. The molecule has 4 fully saturated rings. The van der Waals surface area contributed by atoms with Crippen LogP contribution < -0.4 is 10.6 Å². The number of aliphatic hydroxyl groups is 1. The van der Waals surface area contributed by atoms with Crippen LogP contribution in [0.15, 0.2) is 31.5 Å². The number of nitrogens with zero attached hydrogens (tertiary/aromatic N) is 4. The molecule has 5 atom stereocenters. The summed E-state index contributed by atoms with van der Waals surface area (Å²) in [4.78, 5) is 16.6. The van der Waals surface area contributed by atoms with E-state index in [0.717, 1.165) is 48.2 Å². The molecule has 200 valence electrons. The number of halogens is 1. The van der Waals surface area contributed by atoms with Gasteiger partial charge < -0.3 is 15.7 Å². The molecule has 3 bridgehead atoms. The van der Waals surface area contributed by atoms with Crippen molar-refractivity contribution in [3.05, 3.63) is 48.6 Å². The Hall–Kier alpha value is -2.58. The molecule has 7 nitrogen and oxygen atoms in total. The minimum atomic E-state index is -0.387. The van der Waals surface area contributed by atoms with Gasteiger partial charge in [-0.3, -0.25) is 9.48 Å². The molecule has 0 radical (unpaired) electrons. The minimum absolute atomic E-state index is 0.173. The Bertz CT molecular complexity index is 1000. The number of anilines is 2. The average molecular weight is 502 g/mol. The van der Waals surface area contributed by atoms with E-state index in [0.29, 0.717) is 23.2 Å². The fraction of sp³-hybridized carbons (Fsp3) is 0.607. The Morgan fingerprint density at radius 3 is 2.36 bits per heavy atom. The molecule has 36 heavy (non-hydrogen) atoms. The lowest BCUT2D eigenvalue weighted by Crippen LogP contribution is -2.57. The smallest absolute Gasteiger partial charge is 0.170 e. The Morgan fingerprint density at radius 1 is 1.17 bits per heavy atom. The molecule has 6 rings (SSSR count). The highest BCUT2D eigenvalue weighted by atomic mass is 19.1. The number of aromatic nitrogens is 3. The standard InChI is InChI=1S/C12H13FN4O.C11H16O.C2H6.C2H4.CH5N/c1-8-10(7-18)15-17(3)12(8)16(2)11-5-4-9(13)6-14-11;12-11-5-8-1-7-2-9(6-11)10(11,3-7)4-8;3*1-2/h4-7H,1-3H3;7-9,12H,1-6H2;1-2H3;1-2H2;2H2,1H3. The number of hydrogen-bond donors (Lipinski definition) is 2. The molecule has 0 aliphatic heterocycles. The molecule has 4 saturated carbocycles. The van der Waals surface area contributed by atoms with Crippen molar-refractivity contribution in [1.82, 2.24) is 14.8 Å². The summed E-state index contributed by atoms with van der Waals surface area (Å²) in [6.45, 7) is 11.8. The quantitative estimate of drug-likeness (QED) is 0.444. The molecule has 2 aromatic rings. The summed E-state index contributed by atoms with van der Waals surface area (Å²) >= 11 is 0. The maximum atomic E-state index is 12.8. The van der Waals surface area contributed by atoms with Gasteiger partial charge in [-0.05, 0) is 82.4 Å². The van der Waals surface area contributed by atoms with Crippen LogP contribution in [0.25, 0.3) is 0 Å². The maximum absolute atomic E-state index is 12.8. The van der Waals surface area contributed by atoms with Crippen LogP contribution in [0.5, 0.6) is 0 Å². The second-order valence-corrected chi connectivity index (χ2v) is 9.87. The lowest BCUT2D eigenvalue weighted by molar-refractivity contribution is -0.176. The van der Waals surface area contributed by atoms with Crippen LogP contribution in [0.4, 0.5) is 16.0 Å². The van der Waals surface area contributed by atoms with E-state index in [-0.39, 0.29) is 11.4 Å². The minimum Gasteiger partial charge on any atom is -0.389 e. The number of pyridine rings is 1. The lowest BCUT2D eigenvalue weighted by Gasteiger charge is -2.55. The van der Waals surface area contributed by atoms with Gasteiger partial charge in [-0.15, -0.1) is 13.2 Å². The van der Waals surface area contributed by atoms with E-state index in [1.807, 2.05) is 20.8 Å². The molecule has 4 aliphatic carbocycles. The van der Waals surface area contributed by atoms with Gasteiger partial charge in [-0.1, -0.05) is 13.8 Å². The first kappa shape index (κ1) is 29.6. The zero-order valence-corrected chi connectivity index (χ0v) is 22.8. The molecule has 3 N–H and O–H groups in total. The van der Waals surface area contributed by atoms with Crippen LogP contribution in [0, 0.1) is 35.9 Å². The highest BCUT2D eigenvalue weighted by Crippen LogP contribution is 2.77. The van der Waals surface area contributed by atoms with Crippen molar-refractivity contribution in [2.45, 2.75) is 64.9 Å². The monoisotopic (exact) mass is 501 g/mol. The van der Waals surface area contributed by atoms with E-state index in [1.54, 1.807) is 29.7 Å². The van der Waals surface area contributed by atoms with Gasteiger partial charge in [0.2, 0.25) is 0 Å². The SMILES string of the molecule is C=C.CC.CN.Cc1c(C=O)nn(C)c1N(C)c1ccc(F)cn1.OC12CC3CC4CC(C1)C2(C4)C3. The van der Waals surface area contributed by atoms with E-state index in [2.05, 4.69) is 29.0 Å². The van der Waals surface area contributed by atoms with Crippen molar-refractivity contribution >= 4 is 17.9 Å². The first-order valence-electron chi connectivity index (χ1n) is 12.9. The molecule has 0 aromatic carbocycles. The van der Waals surface area contributed by atoms with Crippen molar-refractivity contribution in [3.8, 4) is 0 Å². The predicted octanol–water partition coefficient (Wildman–Crippen LogP) is 5.19. The topological polar surface area (TPSA) is 97.3 Å². The van der Waals surface area contributed by atoms with Crippen LogP contribution in [-0.2, 0) is 7.05 Å². The zero-order valence-electron chi connectivity index (χ0n) is 22.8. The molecule has 1 spiro atoms. The van der Waals surface area contributed by atoms with Gasteiger partial charge in [0, 0.05) is 25.1 Å². The van der Waals surface area contributed by atoms with Gasteiger partial charge in [0.05, 0.1) is 11.8 Å². The number of rotatable bonds is 3. The molecule has 4 aliphatic rings. The van der Waals surface area contributed by atoms with Crippen molar-refractivity contribution in [2.75, 3.05) is 19.0 Å². The predicted molar refractivity (Wildman–Crippen MR) is 144 cm³/mol. The van der Waals surface area contributed by atoms with Gasteiger partial charge in [-0.25, -0.2) is 9.37 Å². The van der Waals surface area contributed by atoms with Gasteiger partial charge >= 0.3 is 0 Å². The van der Waals surface area contributed by atoms with E-state index in [4.69, 9.17) is 0 Å². The molecule has 5 unspecified atom stereocenters. The van der Waals surface area contributed by atoms with Crippen LogP contribution in [0.3, 0.4) is 0 Å². The fourth-order valence-electron chi connectivity index (χ4n) is 7.23. The van der Waals surface area contributed by atoms with E-state index < -0.39 is 0 Å². The third-order valence-electron chi connectivity index (χ3n) is 8.28. The molecular weight excluding hydrogens is 457 g/mol. The molecule has 8 heteroatoms. The summed E-state index contributed by atoms with van der Waals surface area (Å²) in [5.41, 5.74) is 5.94. The largest absolute Gasteiger partial charge is 0.389 e. The third kappa shape index (κ3) is 4.98. The number of hydrogen-bond acceptors (Lipinski definition) is 6. The summed E-state index contributed by atoms with van der Waals surface area (Å²) in [6.07, 6.45) is 9.83. The van der Waals surface area contributed by atoms with Crippen molar-refractivity contribution in [1.29, 1.82) is 0 Å². The van der Waals surface area contributed by atoms with Gasteiger partial charge in [-0.2, -0.15) is 5.10 Å². The molecule has 2 heterocycles. The van der Waals surface area contributed by atoms with Crippen LogP contribution in [0.2, 0.25) is 0 Å². The molecule has 2 aromatic heterocycles. The second-order valence-electron chi connectivity index (χ2n) is 9.87. The van der Waals surface area contributed by atoms with Crippen molar-refractivity contribution < 1.29 is 14.3 Å². The summed E-state index contributed by atoms with van der Waals surface area (Å²) in [6, 6.07) is 2.91. The molecule has 0 amide bonds. The fourth-order valence-corrected chi connectivity index (χ4v) is 7.23. The van der Waals surface area contributed by atoms with E-state index in [9.17, 15) is 14.3 Å². The van der Waals surface area contributed by atoms with Crippen LogP contribution >= 0.6 is 0 Å². The van der Waals surface area contributed by atoms with Gasteiger partial charge in [0.1, 0.15) is 23.1 Å². The number of carbonyl (C=O) groups is 1. The number of fused-ring (bicyclic) bond motifs is 2. The first-order chi connectivity index (χ1) is 17.3. The lowest BCUT2D eigenvalue weighted by atomic mass is 9.53. The van der Waals surface area contributed by atoms with Crippen LogP contribution in [-0.4, -0.2) is 45.9 Å². The van der Waals surface area contributed by atoms with Crippen molar-refractivity contribution in [3.63, 3.8) is 0 Å². The van der Waals surface area contributed by atoms with Gasteiger partial charge in [0.25, 0.3) is 0 Å². The summed E-state index contributed by atoms with van der Waals surface area (Å²) in [5.74, 6) is 3.78. The van der Waals surface area contributed by atoms with Crippen molar-refractivity contribution in [2.24, 2.45) is 36.0 Å². The number of nitrogens with two attached hydrogens (primary N) is 1. The molecule has 0 saturated heterocycles. The summed E-state index contributed by atoms with van der Waals surface area (Å²) < 4.78 is 14.4. The average Bonchev–Trinajstić information content (AvgIpc) is 3.37. The van der Waals surface area contributed by atoms with Crippen LogP contribution in [0.1, 0.15) is 68.4 Å². The Labute approximate surface area is 215 Å². The highest BCUT2D eigenvalue weighted by Gasteiger charge is 2.74. The number of aldehydes is 1. The number of carbonyl (C=O) groups excluding carboxylic acids is 1. The van der Waals surface area contributed by atoms with E-state index >= 15 is 0 Å². The zero-order chi connectivity index (χ0) is 27.3. The maximum Gasteiger partial charge on any atom is 0.170 e. The number of aryl methyl sites for hydroxylation is 1. The highest BCUT2D eigenvalue weighted by molar-refractivity contribution is 5.78. The second kappa shape index (κ2) is 12.1. The molecular formula is C28H44FN5O2. The Morgan fingerprint density at radius 2 is 1.81 bits per heavy atom. The van der Waals surface area contributed by atoms with Gasteiger partial charge in [0.15, 0.2) is 6.29 Å². The Kier molecular flexibility index (Phi) is 9.97. The normalized spacial score (nSPS) is 29.4. The third-order valence-corrected chi connectivity index (χ3v) is 8.28.